The second kappa shape index (κ2) is 5.63. The molecule has 2 atom stereocenters. The number of hydrogen-bond donors (Lipinski definition) is 1. The summed E-state index contributed by atoms with van der Waals surface area (Å²) in [5.41, 5.74) is 1.12. The predicted molar refractivity (Wildman–Crippen MR) is 73.7 cm³/mol. The Balaban J connectivity index is 2.24. The minimum absolute atomic E-state index is 0.314. The van der Waals surface area contributed by atoms with Gasteiger partial charge in [-0.15, -0.1) is 0 Å². The smallest absolute Gasteiger partial charge is 0.0640 e. The Morgan fingerprint density at radius 1 is 1.38 bits per heavy atom. The van der Waals surface area contributed by atoms with Crippen LogP contribution in [0.3, 0.4) is 0 Å². The van der Waals surface area contributed by atoms with Crippen LogP contribution in [-0.2, 0) is 0 Å². The number of benzene rings is 1. The second-order valence-corrected chi connectivity index (χ2v) is 6.06. The third-order valence-corrected chi connectivity index (χ3v) is 4.75. The molecule has 1 heterocycles. The molecule has 0 amide bonds. The van der Waals surface area contributed by atoms with E-state index in [0.717, 1.165) is 11.3 Å². The molecule has 16 heavy (non-hydrogen) atoms. The average Bonchev–Trinajstić information content (AvgIpc) is 2.47. The van der Waals surface area contributed by atoms with Gasteiger partial charge in [0.1, 0.15) is 0 Å². The van der Waals surface area contributed by atoms with Crippen molar-refractivity contribution in [1.82, 2.24) is 5.32 Å². The van der Waals surface area contributed by atoms with E-state index in [1.165, 1.54) is 12.2 Å². The van der Waals surface area contributed by atoms with Crippen LogP contribution in [0.5, 0.6) is 0 Å². The van der Waals surface area contributed by atoms with Crippen molar-refractivity contribution < 1.29 is 0 Å². The van der Waals surface area contributed by atoms with Crippen molar-refractivity contribution in [2.45, 2.75) is 25.4 Å². The van der Waals surface area contributed by atoms with E-state index in [9.17, 15) is 0 Å². The zero-order valence-corrected chi connectivity index (χ0v) is 11.5. The molecule has 0 saturated carbocycles. The molecule has 0 bridgehead atoms. The molecule has 1 saturated heterocycles. The van der Waals surface area contributed by atoms with Crippen molar-refractivity contribution in [3.8, 4) is 0 Å². The Bertz CT molecular complexity index is 370. The average molecular weight is 276 g/mol. The molecule has 1 fully saturated rings. The van der Waals surface area contributed by atoms with Crippen LogP contribution in [-0.4, -0.2) is 17.5 Å². The lowest BCUT2D eigenvalue weighted by Crippen LogP contribution is -2.30. The van der Waals surface area contributed by atoms with E-state index < -0.39 is 0 Å². The van der Waals surface area contributed by atoms with E-state index in [2.05, 4.69) is 18.3 Å². The van der Waals surface area contributed by atoms with E-state index in [0.29, 0.717) is 22.1 Å². The molecule has 0 aromatic heterocycles. The maximum atomic E-state index is 6.25. The highest BCUT2D eigenvalue weighted by atomic mass is 35.5. The summed E-state index contributed by atoms with van der Waals surface area (Å²) in [5.74, 6) is 2.27. The van der Waals surface area contributed by atoms with Crippen molar-refractivity contribution in [2.24, 2.45) is 0 Å². The van der Waals surface area contributed by atoms with Crippen LogP contribution in [0.25, 0.3) is 0 Å². The van der Waals surface area contributed by atoms with Crippen LogP contribution >= 0.6 is 35.0 Å². The lowest BCUT2D eigenvalue weighted by atomic mass is 10.1. The molecule has 0 aliphatic carbocycles. The molecule has 2 rings (SSSR count). The van der Waals surface area contributed by atoms with Crippen molar-refractivity contribution in [3.63, 3.8) is 0 Å². The van der Waals surface area contributed by atoms with Gasteiger partial charge >= 0.3 is 0 Å². The Labute approximate surface area is 111 Å². The molecule has 88 valence electrons. The minimum Gasteiger partial charge on any atom is -0.307 e. The van der Waals surface area contributed by atoms with Crippen molar-refractivity contribution in [3.05, 3.63) is 33.8 Å². The Hall–Kier alpha value is 0.110. The molecule has 1 aliphatic heterocycles. The molecule has 4 heteroatoms. The molecule has 1 aromatic carbocycles. The highest BCUT2D eigenvalue weighted by molar-refractivity contribution is 7.99. The first-order chi connectivity index (χ1) is 7.68. The topological polar surface area (TPSA) is 12.0 Å². The molecule has 1 aliphatic rings. The molecular weight excluding hydrogens is 261 g/mol. The fraction of sp³-hybridized carbons (Fsp3) is 0.500. The van der Waals surface area contributed by atoms with Gasteiger partial charge in [-0.25, -0.2) is 0 Å². The summed E-state index contributed by atoms with van der Waals surface area (Å²) in [6.45, 7) is 2.22. The third-order valence-electron chi connectivity index (χ3n) is 2.82. The molecule has 1 aromatic rings. The SMILES string of the molecule is CC1CCSCC(c2cccc(Cl)c2Cl)N1. The summed E-state index contributed by atoms with van der Waals surface area (Å²) >= 11 is 14.3. The fourth-order valence-electron chi connectivity index (χ4n) is 1.91. The van der Waals surface area contributed by atoms with Gasteiger partial charge in [-0.1, -0.05) is 35.3 Å². The van der Waals surface area contributed by atoms with E-state index in [-0.39, 0.29) is 0 Å². The summed E-state index contributed by atoms with van der Waals surface area (Å²) in [6, 6.07) is 6.71. The molecule has 1 N–H and O–H groups in total. The third kappa shape index (κ3) is 2.86. The number of rotatable bonds is 1. The Morgan fingerprint density at radius 2 is 2.19 bits per heavy atom. The molecular formula is C12H15Cl2NS. The van der Waals surface area contributed by atoms with Crippen molar-refractivity contribution in [1.29, 1.82) is 0 Å². The second-order valence-electron chi connectivity index (χ2n) is 4.13. The first-order valence-corrected chi connectivity index (χ1v) is 7.37. The Morgan fingerprint density at radius 3 is 3.00 bits per heavy atom. The lowest BCUT2D eigenvalue weighted by Gasteiger charge is -2.21. The number of halogens is 2. The summed E-state index contributed by atoms with van der Waals surface area (Å²) in [5, 5.41) is 4.93. The van der Waals surface area contributed by atoms with Crippen LogP contribution in [0.2, 0.25) is 10.0 Å². The summed E-state index contributed by atoms with van der Waals surface area (Å²) in [6.07, 6.45) is 1.21. The molecule has 0 radical (unpaired) electrons. The van der Waals surface area contributed by atoms with Gasteiger partial charge in [0.15, 0.2) is 0 Å². The molecule has 0 spiro atoms. The first kappa shape index (κ1) is 12.6. The highest BCUT2D eigenvalue weighted by Crippen LogP contribution is 2.33. The Kier molecular flexibility index (Phi) is 4.42. The van der Waals surface area contributed by atoms with Crippen molar-refractivity contribution in [2.75, 3.05) is 11.5 Å². The predicted octanol–water partition coefficient (Wildman–Crippen LogP) is 4.15. The van der Waals surface area contributed by atoms with Gasteiger partial charge in [-0.2, -0.15) is 11.8 Å². The van der Waals surface area contributed by atoms with Crippen molar-refractivity contribution >= 4 is 35.0 Å². The quantitative estimate of drug-likeness (QED) is 0.827. The van der Waals surface area contributed by atoms with Crippen LogP contribution < -0.4 is 5.32 Å². The zero-order chi connectivity index (χ0) is 11.5. The maximum absolute atomic E-state index is 6.25. The van der Waals surface area contributed by atoms with Crippen LogP contribution in [0.1, 0.15) is 24.9 Å². The van der Waals surface area contributed by atoms with Gasteiger partial charge in [0, 0.05) is 17.8 Å². The van der Waals surface area contributed by atoms with E-state index >= 15 is 0 Å². The number of nitrogens with one attached hydrogen (secondary N) is 1. The van der Waals surface area contributed by atoms with Gasteiger partial charge < -0.3 is 5.32 Å². The van der Waals surface area contributed by atoms with Crippen LogP contribution in [0.15, 0.2) is 18.2 Å². The van der Waals surface area contributed by atoms with Gasteiger partial charge in [-0.3, -0.25) is 0 Å². The minimum atomic E-state index is 0.314. The van der Waals surface area contributed by atoms with Gasteiger partial charge in [0.2, 0.25) is 0 Å². The largest absolute Gasteiger partial charge is 0.307 e. The van der Waals surface area contributed by atoms with E-state index in [1.54, 1.807) is 0 Å². The van der Waals surface area contributed by atoms with Gasteiger partial charge in [0.05, 0.1) is 10.0 Å². The number of hydrogen-bond acceptors (Lipinski definition) is 2. The highest BCUT2D eigenvalue weighted by Gasteiger charge is 2.20. The van der Waals surface area contributed by atoms with E-state index in [1.807, 2.05) is 23.9 Å². The number of thioether (sulfide) groups is 1. The maximum Gasteiger partial charge on any atom is 0.0640 e. The first-order valence-electron chi connectivity index (χ1n) is 5.46. The van der Waals surface area contributed by atoms with Gasteiger partial charge in [-0.05, 0) is 30.7 Å². The lowest BCUT2D eigenvalue weighted by molar-refractivity contribution is 0.485. The standard InChI is InChI=1S/C12H15Cl2NS/c1-8-5-6-16-7-11(15-8)9-3-2-4-10(13)12(9)14/h2-4,8,11,15H,5-7H2,1H3. The molecule has 1 nitrogen and oxygen atoms in total. The summed E-state index contributed by atoms with van der Waals surface area (Å²) in [4.78, 5) is 0. The normalized spacial score (nSPS) is 26.4. The van der Waals surface area contributed by atoms with Gasteiger partial charge in [0.25, 0.3) is 0 Å². The van der Waals surface area contributed by atoms with Crippen LogP contribution in [0.4, 0.5) is 0 Å². The zero-order valence-electron chi connectivity index (χ0n) is 9.17. The molecule has 2 unspecified atom stereocenters. The van der Waals surface area contributed by atoms with E-state index in [4.69, 9.17) is 23.2 Å². The fourth-order valence-corrected chi connectivity index (χ4v) is 3.54. The van der Waals surface area contributed by atoms with Crippen LogP contribution in [0, 0.1) is 0 Å². The summed E-state index contributed by atoms with van der Waals surface area (Å²) in [7, 11) is 0. The monoisotopic (exact) mass is 275 g/mol. The summed E-state index contributed by atoms with van der Waals surface area (Å²) < 4.78 is 0.